The summed E-state index contributed by atoms with van der Waals surface area (Å²) in [5, 5.41) is 2.90. The van der Waals surface area contributed by atoms with Gasteiger partial charge in [0.1, 0.15) is 5.82 Å². The lowest BCUT2D eigenvalue weighted by Crippen LogP contribution is -2.43. The van der Waals surface area contributed by atoms with Crippen molar-refractivity contribution in [3.8, 4) is 0 Å². The van der Waals surface area contributed by atoms with E-state index in [9.17, 15) is 35.5 Å². The number of hydrogen-bond acceptors (Lipinski definition) is 3. The zero-order chi connectivity index (χ0) is 26.5. The lowest BCUT2D eigenvalue weighted by Gasteiger charge is -2.30. The van der Waals surface area contributed by atoms with Gasteiger partial charge in [0.2, 0.25) is 5.91 Å². The van der Waals surface area contributed by atoms with Crippen LogP contribution in [0.4, 0.5) is 30.7 Å². The molecule has 2 fully saturated rings. The highest BCUT2D eigenvalue weighted by molar-refractivity contribution is 5.88. The number of carbonyl (C=O) groups is 1. The maximum atomic E-state index is 13.6. The average molecular weight is 518 g/mol. The number of ether oxygens (including phenoxy) is 1. The molecule has 1 saturated heterocycles. The molecule has 0 aromatic heterocycles. The fourth-order valence-electron chi connectivity index (χ4n) is 5.28. The van der Waals surface area contributed by atoms with Gasteiger partial charge in [0.25, 0.3) is 0 Å². The van der Waals surface area contributed by atoms with Crippen LogP contribution in [0.15, 0.2) is 42.5 Å². The van der Waals surface area contributed by atoms with Crippen LogP contribution in [0.1, 0.15) is 54.4 Å². The van der Waals surface area contributed by atoms with Crippen molar-refractivity contribution in [1.29, 1.82) is 0 Å². The maximum Gasteiger partial charge on any atom is 0.416 e. The minimum absolute atomic E-state index is 0.0724. The summed E-state index contributed by atoms with van der Waals surface area (Å²) in [5.41, 5.74) is 2.62. The molecule has 0 unspecified atom stereocenters. The zero-order valence-electron chi connectivity index (χ0n) is 19.2. The first-order valence-electron chi connectivity index (χ1n) is 11.4. The summed E-state index contributed by atoms with van der Waals surface area (Å²) in [6.07, 6.45) is -9.12. The second-order valence-corrected chi connectivity index (χ2v) is 9.78. The number of nitrogens with one attached hydrogen (secondary N) is 1. The first-order valence-corrected chi connectivity index (χ1v) is 11.4. The molecule has 1 saturated carbocycles. The third-order valence-corrected chi connectivity index (χ3v) is 7.01. The van der Waals surface area contributed by atoms with Gasteiger partial charge in [-0.05, 0) is 73.6 Å². The molecule has 0 bridgehead atoms. The zero-order valence-corrected chi connectivity index (χ0v) is 19.2. The molecule has 3 N–H and O–H groups in total. The smallest absolute Gasteiger partial charge is 0.373 e. The van der Waals surface area contributed by atoms with E-state index < -0.39 is 47.5 Å². The van der Waals surface area contributed by atoms with Gasteiger partial charge >= 0.3 is 12.4 Å². The molecule has 0 radical (unpaired) electrons. The molecule has 1 aliphatic heterocycles. The number of rotatable bonds is 5. The fraction of sp³-hybridized carbons (Fsp3) is 0.480. The second-order valence-electron chi connectivity index (χ2n) is 9.78. The van der Waals surface area contributed by atoms with Gasteiger partial charge in [-0.2, -0.15) is 26.3 Å². The predicted octanol–water partition coefficient (Wildman–Crippen LogP) is 5.55. The minimum atomic E-state index is -4.96. The average Bonchev–Trinajstić information content (AvgIpc) is 3.31. The van der Waals surface area contributed by atoms with Crippen molar-refractivity contribution in [2.24, 2.45) is 11.7 Å². The number of amides is 1. The molecule has 2 aromatic carbocycles. The molecule has 1 amide bonds. The summed E-state index contributed by atoms with van der Waals surface area (Å²) in [4.78, 5) is 12.3. The third-order valence-electron chi connectivity index (χ3n) is 7.01. The van der Waals surface area contributed by atoms with Crippen LogP contribution in [0.2, 0.25) is 0 Å². The summed E-state index contributed by atoms with van der Waals surface area (Å²) in [7, 11) is 0. The van der Waals surface area contributed by atoms with Crippen molar-refractivity contribution in [3.05, 3.63) is 70.5 Å². The van der Waals surface area contributed by atoms with E-state index in [0.717, 1.165) is 0 Å². The van der Waals surface area contributed by atoms with E-state index in [0.29, 0.717) is 37.0 Å². The number of carbonyl (C=O) groups excluding carboxylic acids is 1. The van der Waals surface area contributed by atoms with E-state index >= 15 is 0 Å². The molecule has 4 rings (SSSR count). The molecular formula is C25H25F7N2O2. The van der Waals surface area contributed by atoms with Crippen LogP contribution in [0.5, 0.6) is 0 Å². The Kier molecular flexibility index (Phi) is 6.85. The number of alkyl halides is 6. The normalized spacial score (nSPS) is 29.0. The first kappa shape index (κ1) is 26.4. The monoisotopic (exact) mass is 518 g/mol. The van der Waals surface area contributed by atoms with Gasteiger partial charge in [-0.1, -0.05) is 12.1 Å². The number of benzene rings is 2. The summed E-state index contributed by atoms with van der Waals surface area (Å²) in [6, 6.07) is 6.73. The Morgan fingerprint density at radius 2 is 1.58 bits per heavy atom. The Labute approximate surface area is 203 Å². The van der Waals surface area contributed by atoms with Crippen molar-refractivity contribution < 1.29 is 40.3 Å². The van der Waals surface area contributed by atoms with Crippen LogP contribution in [-0.2, 0) is 28.5 Å². The predicted molar refractivity (Wildman–Crippen MR) is 116 cm³/mol. The van der Waals surface area contributed by atoms with Gasteiger partial charge in [0, 0.05) is 12.0 Å². The van der Waals surface area contributed by atoms with Crippen LogP contribution < -0.4 is 11.1 Å². The lowest BCUT2D eigenvalue weighted by atomic mass is 9.81. The van der Waals surface area contributed by atoms with E-state index in [1.807, 2.05) is 0 Å². The Balaban J connectivity index is 1.60. The van der Waals surface area contributed by atoms with E-state index in [4.69, 9.17) is 10.5 Å². The van der Waals surface area contributed by atoms with Crippen molar-refractivity contribution >= 4 is 5.91 Å². The van der Waals surface area contributed by atoms with Crippen LogP contribution in [0, 0.1) is 11.7 Å². The van der Waals surface area contributed by atoms with Crippen molar-refractivity contribution in [1.82, 2.24) is 5.32 Å². The van der Waals surface area contributed by atoms with Gasteiger partial charge in [0.15, 0.2) is 0 Å². The van der Waals surface area contributed by atoms with E-state index in [2.05, 4.69) is 5.32 Å². The summed E-state index contributed by atoms with van der Waals surface area (Å²) in [6.45, 7) is 1.14. The van der Waals surface area contributed by atoms with Gasteiger partial charge in [-0.3, -0.25) is 4.79 Å². The molecule has 1 heterocycles. The largest absolute Gasteiger partial charge is 0.416 e. The fourth-order valence-corrected chi connectivity index (χ4v) is 5.28. The van der Waals surface area contributed by atoms with Gasteiger partial charge < -0.3 is 15.8 Å². The topological polar surface area (TPSA) is 64.3 Å². The molecule has 2 aliphatic rings. The standard InChI is InChI=1S/C25H25F7N2O2/c1-23(33)11-19(34-22(23)35)18-6-7-20(21(18)14-2-4-17(26)5-3-14)36-12-13-8-15(24(27,28)29)10-16(9-13)25(30,31)32/h2-5,8-10,18-21H,6-7,11-12,33H2,1H3,(H,34,35)/t18-,19+,20-,21-,23+/m0/s1. The molecule has 36 heavy (non-hydrogen) atoms. The molecule has 5 atom stereocenters. The molecule has 11 heteroatoms. The van der Waals surface area contributed by atoms with Crippen molar-refractivity contribution in [2.45, 2.75) is 68.7 Å². The number of hydrogen-bond donors (Lipinski definition) is 2. The van der Waals surface area contributed by atoms with Crippen LogP contribution in [0.25, 0.3) is 0 Å². The molecule has 4 nitrogen and oxygen atoms in total. The molecule has 2 aromatic rings. The molecule has 196 valence electrons. The van der Waals surface area contributed by atoms with Crippen LogP contribution in [-0.4, -0.2) is 23.6 Å². The Bertz CT molecular complexity index is 1080. The molecular weight excluding hydrogens is 493 g/mol. The molecule has 0 spiro atoms. The maximum absolute atomic E-state index is 13.6. The quantitative estimate of drug-likeness (QED) is 0.511. The SMILES string of the molecule is C[C@@]1(N)C[C@H]([C@@H]2CC[C@H](OCc3cc(C(F)(F)F)cc(C(F)(F)F)c3)[C@H]2c2ccc(F)cc2)NC1=O. The Morgan fingerprint density at radius 3 is 2.08 bits per heavy atom. The first-order chi connectivity index (χ1) is 16.6. The van der Waals surface area contributed by atoms with Gasteiger partial charge in [0.05, 0.1) is 29.4 Å². The van der Waals surface area contributed by atoms with Crippen LogP contribution >= 0.6 is 0 Å². The number of nitrogens with two attached hydrogens (primary N) is 1. The van der Waals surface area contributed by atoms with Crippen LogP contribution in [0.3, 0.4) is 0 Å². The van der Waals surface area contributed by atoms with Gasteiger partial charge in [-0.15, -0.1) is 0 Å². The highest BCUT2D eigenvalue weighted by Gasteiger charge is 2.49. The van der Waals surface area contributed by atoms with Gasteiger partial charge in [-0.25, -0.2) is 4.39 Å². The minimum Gasteiger partial charge on any atom is -0.373 e. The summed E-state index contributed by atoms with van der Waals surface area (Å²) < 4.78 is 98.9. The van der Waals surface area contributed by atoms with E-state index in [-0.39, 0.29) is 35.4 Å². The Morgan fingerprint density at radius 1 is 1.00 bits per heavy atom. The van der Waals surface area contributed by atoms with Crippen molar-refractivity contribution in [2.75, 3.05) is 0 Å². The number of halogens is 7. The highest BCUT2D eigenvalue weighted by atomic mass is 19.4. The van der Waals surface area contributed by atoms with E-state index in [1.54, 1.807) is 19.1 Å². The summed E-state index contributed by atoms with van der Waals surface area (Å²) >= 11 is 0. The molecule has 1 aliphatic carbocycles. The van der Waals surface area contributed by atoms with E-state index in [1.165, 1.54) is 12.1 Å². The highest BCUT2D eigenvalue weighted by Crippen LogP contribution is 2.46. The summed E-state index contributed by atoms with van der Waals surface area (Å²) in [5.74, 6) is -1.31. The third kappa shape index (κ3) is 5.51. The second kappa shape index (κ2) is 9.33. The Hall–Kier alpha value is -2.66. The van der Waals surface area contributed by atoms with Crippen molar-refractivity contribution in [3.63, 3.8) is 0 Å². The lowest BCUT2D eigenvalue weighted by molar-refractivity contribution is -0.143.